The largest absolute Gasteiger partial charge is 0.376 e. The fourth-order valence-electron chi connectivity index (χ4n) is 2.96. The van der Waals surface area contributed by atoms with Crippen molar-refractivity contribution in [2.24, 2.45) is 0 Å². The normalized spacial score (nSPS) is 19.5. The van der Waals surface area contributed by atoms with Crippen LogP contribution in [0.3, 0.4) is 0 Å². The first-order valence-electron chi connectivity index (χ1n) is 8.25. The smallest absolute Gasteiger partial charge is 0.314 e. The zero-order valence-electron chi connectivity index (χ0n) is 13.4. The van der Waals surface area contributed by atoms with Crippen LogP contribution in [0.15, 0.2) is 24.3 Å². The van der Waals surface area contributed by atoms with E-state index < -0.39 is 0 Å². The van der Waals surface area contributed by atoms with Crippen molar-refractivity contribution in [3.63, 3.8) is 0 Å². The second kappa shape index (κ2) is 7.44. The molecular formula is C17H21N3O4. The molecule has 2 heterocycles. The van der Waals surface area contributed by atoms with Crippen LogP contribution in [0.5, 0.6) is 0 Å². The minimum Gasteiger partial charge on any atom is -0.376 e. The second-order valence-corrected chi connectivity index (χ2v) is 5.93. The van der Waals surface area contributed by atoms with E-state index in [0.29, 0.717) is 37.2 Å². The van der Waals surface area contributed by atoms with Gasteiger partial charge in [0, 0.05) is 26.2 Å². The fraction of sp³-hybridized carbons (Fsp3) is 0.471. The Kier molecular flexibility index (Phi) is 5.10. The van der Waals surface area contributed by atoms with Crippen LogP contribution in [-0.4, -0.2) is 55.1 Å². The van der Waals surface area contributed by atoms with Crippen molar-refractivity contribution < 1.29 is 19.1 Å². The number of hydrogen-bond acceptors (Lipinski definition) is 4. The third-order valence-electron chi connectivity index (χ3n) is 4.24. The molecule has 0 aliphatic carbocycles. The topological polar surface area (TPSA) is 87.7 Å². The Labute approximate surface area is 140 Å². The Bertz CT molecular complexity index is 605. The van der Waals surface area contributed by atoms with Gasteiger partial charge in [-0.15, -0.1) is 0 Å². The number of carbonyl (C=O) groups is 3. The van der Waals surface area contributed by atoms with E-state index >= 15 is 0 Å². The molecule has 2 aliphatic heterocycles. The van der Waals surface area contributed by atoms with Crippen LogP contribution in [0.1, 0.15) is 40.0 Å². The highest BCUT2D eigenvalue weighted by Crippen LogP contribution is 2.22. The van der Waals surface area contributed by atoms with E-state index in [1.165, 1.54) is 4.90 Å². The first kappa shape index (κ1) is 16.4. The van der Waals surface area contributed by atoms with Crippen LogP contribution in [0.25, 0.3) is 0 Å². The molecule has 1 aromatic rings. The van der Waals surface area contributed by atoms with E-state index in [4.69, 9.17) is 4.74 Å². The maximum atomic E-state index is 12.2. The summed E-state index contributed by atoms with van der Waals surface area (Å²) in [6.07, 6.45) is 2.63. The monoisotopic (exact) mass is 331 g/mol. The summed E-state index contributed by atoms with van der Waals surface area (Å²) in [5, 5.41) is 5.49. The van der Waals surface area contributed by atoms with Gasteiger partial charge in [-0.3, -0.25) is 14.5 Å². The molecule has 0 spiro atoms. The fourth-order valence-corrected chi connectivity index (χ4v) is 2.96. The molecule has 7 nitrogen and oxygen atoms in total. The summed E-state index contributed by atoms with van der Waals surface area (Å²) in [4.78, 5) is 37.3. The molecule has 0 aromatic heterocycles. The van der Waals surface area contributed by atoms with Gasteiger partial charge in [-0.25, -0.2) is 4.79 Å². The van der Waals surface area contributed by atoms with E-state index in [1.54, 1.807) is 24.3 Å². The van der Waals surface area contributed by atoms with Crippen molar-refractivity contribution in [1.29, 1.82) is 0 Å². The Balaban J connectivity index is 1.37. The standard InChI is InChI=1S/C17H21N3O4/c21-15-13-6-1-2-7-14(13)16(22)20(15)9-4-8-18-17(23)19-11-12-5-3-10-24-12/h1-2,6-7,12H,3-5,8-11H2,(H2,18,19,23). The average molecular weight is 331 g/mol. The molecule has 0 bridgehead atoms. The Morgan fingerprint density at radius 2 is 1.88 bits per heavy atom. The van der Waals surface area contributed by atoms with Crippen molar-refractivity contribution in [2.45, 2.75) is 25.4 Å². The highest BCUT2D eigenvalue weighted by molar-refractivity contribution is 6.21. The predicted octanol–water partition coefficient (Wildman–Crippen LogP) is 1.15. The average Bonchev–Trinajstić information content (AvgIpc) is 3.19. The molecule has 2 aliphatic rings. The summed E-state index contributed by atoms with van der Waals surface area (Å²) in [5.74, 6) is -0.531. The van der Waals surface area contributed by atoms with Gasteiger partial charge in [0.05, 0.1) is 17.2 Å². The third-order valence-corrected chi connectivity index (χ3v) is 4.24. The quantitative estimate of drug-likeness (QED) is 0.605. The molecule has 7 heteroatoms. The number of benzene rings is 1. The van der Waals surface area contributed by atoms with Gasteiger partial charge in [0.1, 0.15) is 0 Å². The maximum absolute atomic E-state index is 12.2. The highest BCUT2D eigenvalue weighted by atomic mass is 16.5. The van der Waals surface area contributed by atoms with Gasteiger partial charge in [0.25, 0.3) is 11.8 Å². The number of carbonyl (C=O) groups excluding carboxylic acids is 3. The number of ether oxygens (including phenoxy) is 1. The summed E-state index contributed by atoms with van der Waals surface area (Å²) >= 11 is 0. The molecule has 24 heavy (non-hydrogen) atoms. The van der Waals surface area contributed by atoms with E-state index in [-0.39, 0.29) is 23.9 Å². The molecule has 1 fully saturated rings. The van der Waals surface area contributed by atoms with Crippen molar-refractivity contribution in [3.05, 3.63) is 35.4 Å². The lowest BCUT2D eigenvalue weighted by Gasteiger charge is -2.14. The highest BCUT2D eigenvalue weighted by Gasteiger charge is 2.34. The van der Waals surface area contributed by atoms with Crippen molar-refractivity contribution in [1.82, 2.24) is 15.5 Å². The van der Waals surface area contributed by atoms with E-state index in [2.05, 4.69) is 10.6 Å². The number of nitrogens with one attached hydrogen (secondary N) is 2. The molecular weight excluding hydrogens is 310 g/mol. The van der Waals surface area contributed by atoms with Gasteiger partial charge >= 0.3 is 6.03 Å². The molecule has 0 saturated carbocycles. The predicted molar refractivity (Wildman–Crippen MR) is 86.8 cm³/mol. The second-order valence-electron chi connectivity index (χ2n) is 5.93. The molecule has 2 N–H and O–H groups in total. The summed E-state index contributed by atoms with van der Waals surface area (Å²) in [6, 6.07) is 6.55. The van der Waals surface area contributed by atoms with Crippen LogP contribution < -0.4 is 10.6 Å². The zero-order valence-corrected chi connectivity index (χ0v) is 13.4. The van der Waals surface area contributed by atoms with Gasteiger partial charge in [0.2, 0.25) is 0 Å². The lowest BCUT2D eigenvalue weighted by atomic mass is 10.1. The van der Waals surface area contributed by atoms with Crippen molar-refractivity contribution in [2.75, 3.05) is 26.2 Å². The molecule has 0 radical (unpaired) electrons. The van der Waals surface area contributed by atoms with Gasteiger partial charge < -0.3 is 15.4 Å². The summed E-state index contributed by atoms with van der Waals surface area (Å²) in [5.41, 5.74) is 0.898. The Morgan fingerprint density at radius 1 is 1.17 bits per heavy atom. The minimum absolute atomic E-state index is 0.106. The SMILES string of the molecule is O=C(NCCCN1C(=O)c2ccccc2C1=O)NCC1CCCO1. The summed E-state index contributed by atoms with van der Waals surface area (Å²) < 4.78 is 5.43. The number of fused-ring (bicyclic) bond motifs is 1. The van der Waals surface area contributed by atoms with Gasteiger partial charge in [-0.1, -0.05) is 12.1 Å². The number of amides is 4. The minimum atomic E-state index is -0.265. The molecule has 4 amide bonds. The lowest BCUT2D eigenvalue weighted by molar-refractivity contribution is 0.0653. The van der Waals surface area contributed by atoms with Gasteiger partial charge in [0.15, 0.2) is 0 Å². The van der Waals surface area contributed by atoms with Crippen molar-refractivity contribution >= 4 is 17.8 Å². The molecule has 1 aromatic carbocycles. The Morgan fingerprint density at radius 3 is 2.50 bits per heavy atom. The molecule has 128 valence electrons. The summed E-state index contributed by atoms with van der Waals surface area (Å²) in [6.45, 7) is 1.95. The van der Waals surface area contributed by atoms with E-state index in [1.807, 2.05) is 0 Å². The number of imide groups is 1. The molecule has 1 unspecified atom stereocenters. The van der Waals surface area contributed by atoms with Crippen molar-refractivity contribution in [3.8, 4) is 0 Å². The summed E-state index contributed by atoms with van der Waals surface area (Å²) in [7, 11) is 0. The first-order valence-corrected chi connectivity index (χ1v) is 8.25. The Hall–Kier alpha value is -2.41. The van der Waals surface area contributed by atoms with Crippen LogP contribution >= 0.6 is 0 Å². The molecule has 3 rings (SSSR count). The van der Waals surface area contributed by atoms with E-state index in [0.717, 1.165) is 19.4 Å². The van der Waals surface area contributed by atoms with Gasteiger partial charge in [-0.05, 0) is 31.4 Å². The third kappa shape index (κ3) is 3.56. The maximum Gasteiger partial charge on any atom is 0.314 e. The number of rotatable bonds is 6. The van der Waals surface area contributed by atoms with Crippen LogP contribution in [0.4, 0.5) is 4.79 Å². The number of hydrogen-bond donors (Lipinski definition) is 2. The van der Waals surface area contributed by atoms with Gasteiger partial charge in [-0.2, -0.15) is 0 Å². The molecule has 1 saturated heterocycles. The molecule has 1 atom stereocenters. The zero-order chi connectivity index (χ0) is 16.9. The van der Waals surface area contributed by atoms with Crippen LogP contribution in [0, 0.1) is 0 Å². The first-order chi connectivity index (χ1) is 11.7. The lowest BCUT2D eigenvalue weighted by Crippen LogP contribution is -2.41. The van der Waals surface area contributed by atoms with Crippen LogP contribution in [0.2, 0.25) is 0 Å². The number of urea groups is 1. The van der Waals surface area contributed by atoms with E-state index in [9.17, 15) is 14.4 Å². The number of nitrogens with zero attached hydrogens (tertiary/aromatic N) is 1. The van der Waals surface area contributed by atoms with Crippen LogP contribution in [-0.2, 0) is 4.74 Å².